The molecule has 1 rings (SSSR count). The molecule has 0 aromatic heterocycles. The van der Waals surface area contributed by atoms with Crippen molar-refractivity contribution >= 4 is 11.8 Å². The van der Waals surface area contributed by atoms with Crippen LogP contribution in [-0.2, 0) is 9.59 Å². The van der Waals surface area contributed by atoms with E-state index in [4.69, 9.17) is 5.73 Å². The lowest BCUT2D eigenvalue weighted by molar-refractivity contribution is -0.132. The average Bonchev–Trinajstić information content (AvgIpc) is 2.17. The van der Waals surface area contributed by atoms with Crippen LogP contribution < -0.4 is 11.1 Å². The van der Waals surface area contributed by atoms with Gasteiger partial charge in [-0.3, -0.25) is 9.59 Å². The van der Waals surface area contributed by atoms with Crippen molar-refractivity contribution in [3.63, 3.8) is 0 Å². The average molecular weight is 226 g/mol. The Morgan fingerprint density at radius 2 is 1.81 bits per heavy atom. The van der Waals surface area contributed by atoms with E-state index in [2.05, 4.69) is 5.32 Å². The lowest BCUT2D eigenvalue weighted by atomic mass is 9.87. The van der Waals surface area contributed by atoms with E-state index in [1.165, 1.54) is 19.3 Å². The number of primary amides is 1. The first-order chi connectivity index (χ1) is 7.42. The summed E-state index contributed by atoms with van der Waals surface area (Å²) in [6.45, 7) is 3.41. The first-order valence-corrected chi connectivity index (χ1v) is 6.01. The lowest BCUT2D eigenvalue weighted by Gasteiger charge is -2.25. The van der Waals surface area contributed by atoms with Crippen LogP contribution in [0.2, 0.25) is 0 Å². The van der Waals surface area contributed by atoms with Crippen LogP contribution in [0.3, 0.4) is 0 Å². The fourth-order valence-corrected chi connectivity index (χ4v) is 2.01. The van der Waals surface area contributed by atoms with Gasteiger partial charge in [-0.1, -0.05) is 33.1 Å². The van der Waals surface area contributed by atoms with Crippen LogP contribution in [0.1, 0.15) is 52.4 Å². The summed E-state index contributed by atoms with van der Waals surface area (Å²) < 4.78 is 0. The maximum atomic E-state index is 11.7. The van der Waals surface area contributed by atoms with Crippen molar-refractivity contribution in [2.24, 2.45) is 11.1 Å². The maximum absolute atomic E-state index is 11.7. The van der Waals surface area contributed by atoms with Crippen molar-refractivity contribution in [2.75, 3.05) is 0 Å². The minimum absolute atomic E-state index is 0.0595. The van der Waals surface area contributed by atoms with Gasteiger partial charge in [0.15, 0.2) is 0 Å². The number of amides is 2. The summed E-state index contributed by atoms with van der Waals surface area (Å²) >= 11 is 0. The lowest BCUT2D eigenvalue weighted by Crippen LogP contribution is -2.41. The van der Waals surface area contributed by atoms with E-state index in [0.717, 1.165) is 12.8 Å². The Labute approximate surface area is 97.0 Å². The summed E-state index contributed by atoms with van der Waals surface area (Å²) in [4.78, 5) is 22.8. The van der Waals surface area contributed by atoms with Crippen LogP contribution in [0, 0.1) is 5.41 Å². The largest absolute Gasteiger partial charge is 0.369 e. The molecule has 0 unspecified atom stereocenters. The van der Waals surface area contributed by atoms with Gasteiger partial charge in [0.05, 0.1) is 5.41 Å². The topological polar surface area (TPSA) is 72.2 Å². The Morgan fingerprint density at radius 3 is 2.31 bits per heavy atom. The Kier molecular flexibility index (Phi) is 4.33. The molecule has 16 heavy (non-hydrogen) atoms. The molecular weight excluding hydrogens is 204 g/mol. The van der Waals surface area contributed by atoms with Gasteiger partial charge in [0, 0.05) is 12.5 Å². The van der Waals surface area contributed by atoms with Gasteiger partial charge in [-0.2, -0.15) is 0 Å². The normalized spacial score (nSPS) is 18.1. The molecule has 0 spiro atoms. The summed E-state index contributed by atoms with van der Waals surface area (Å²) in [7, 11) is 0. The van der Waals surface area contributed by atoms with Crippen molar-refractivity contribution in [3.05, 3.63) is 0 Å². The Balaban J connectivity index is 2.37. The standard InChI is InChI=1S/C12H22N2O2/c1-12(2,11(13)16)8-10(15)14-9-6-4-3-5-7-9/h9H,3-8H2,1-2H3,(H2,13,16)(H,14,15). The molecule has 2 amide bonds. The van der Waals surface area contributed by atoms with E-state index in [1.54, 1.807) is 13.8 Å². The summed E-state index contributed by atoms with van der Waals surface area (Å²) in [6, 6.07) is 0.296. The molecule has 1 aliphatic rings. The Hall–Kier alpha value is -1.06. The molecule has 1 aliphatic carbocycles. The second kappa shape index (κ2) is 5.32. The SMILES string of the molecule is CC(C)(CC(=O)NC1CCCCC1)C(N)=O. The predicted octanol–water partition coefficient (Wildman–Crippen LogP) is 1.34. The number of hydrogen-bond donors (Lipinski definition) is 2. The molecule has 0 aliphatic heterocycles. The smallest absolute Gasteiger partial charge is 0.223 e. The van der Waals surface area contributed by atoms with E-state index in [0.29, 0.717) is 6.04 Å². The molecule has 4 nitrogen and oxygen atoms in total. The van der Waals surface area contributed by atoms with E-state index in [1.807, 2.05) is 0 Å². The highest BCUT2D eigenvalue weighted by Gasteiger charge is 2.29. The molecule has 0 atom stereocenters. The van der Waals surface area contributed by atoms with Gasteiger partial charge in [0.2, 0.25) is 11.8 Å². The summed E-state index contributed by atoms with van der Waals surface area (Å²) in [5.41, 5.74) is 4.48. The number of nitrogens with two attached hydrogens (primary N) is 1. The molecule has 1 saturated carbocycles. The molecule has 0 saturated heterocycles. The van der Waals surface area contributed by atoms with Gasteiger partial charge in [-0.25, -0.2) is 0 Å². The quantitative estimate of drug-likeness (QED) is 0.759. The molecule has 92 valence electrons. The fourth-order valence-electron chi connectivity index (χ4n) is 2.01. The van der Waals surface area contributed by atoms with Crippen molar-refractivity contribution in [3.8, 4) is 0 Å². The zero-order valence-corrected chi connectivity index (χ0v) is 10.2. The zero-order valence-electron chi connectivity index (χ0n) is 10.2. The van der Waals surface area contributed by atoms with E-state index in [9.17, 15) is 9.59 Å². The van der Waals surface area contributed by atoms with E-state index < -0.39 is 11.3 Å². The molecule has 0 aromatic carbocycles. The van der Waals surface area contributed by atoms with E-state index >= 15 is 0 Å². The van der Waals surface area contributed by atoms with Crippen LogP contribution in [0.15, 0.2) is 0 Å². The molecule has 4 heteroatoms. The zero-order chi connectivity index (χ0) is 12.2. The van der Waals surface area contributed by atoms with Crippen LogP contribution in [0.4, 0.5) is 0 Å². The van der Waals surface area contributed by atoms with Gasteiger partial charge in [0.25, 0.3) is 0 Å². The summed E-state index contributed by atoms with van der Waals surface area (Å²) in [5, 5.41) is 2.98. The minimum Gasteiger partial charge on any atom is -0.369 e. The molecule has 0 bridgehead atoms. The third-order valence-corrected chi connectivity index (χ3v) is 3.24. The number of rotatable bonds is 4. The third kappa shape index (κ3) is 3.83. The van der Waals surface area contributed by atoms with Gasteiger partial charge in [0.1, 0.15) is 0 Å². The van der Waals surface area contributed by atoms with Crippen molar-refractivity contribution < 1.29 is 9.59 Å². The fraction of sp³-hybridized carbons (Fsp3) is 0.833. The van der Waals surface area contributed by atoms with E-state index in [-0.39, 0.29) is 12.3 Å². The highest BCUT2D eigenvalue weighted by atomic mass is 16.2. The minimum atomic E-state index is -0.751. The number of carbonyl (C=O) groups excluding carboxylic acids is 2. The second-order valence-corrected chi connectivity index (χ2v) is 5.33. The van der Waals surface area contributed by atoms with Crippen molar-refractivity contribution in [2.45, 2.75) is 58.4 Å². The van der Waals surface area contributed by atoms with Crippen molar-refractivity contribution in [1.82, 2.24) is 5.32 Å². The van der Waals surface area contributed by atoms with Gasteiger partial charge >= 0.3 is 0 Å². The van der Waals surface area contributed by atoms with Gasteiger partial charge in [-0.15, -0.1) is 0 Å². The molecular formula is C12H22N2O2. The highest BCUT2D eigenvalue weighted by Crippen LogP contribution is 2.21. The molecule has 3 N–H and O–H groups in total. The molecule has 0 aromatic rings. The van der Waals surface area contributed by atoms with Gasteiger partial charge < -0.3 is 11.1 Å². The summed E-state index contributed by atoms with van der Waals surface area (Å²) in [6.07, 6.45) is 5.93. The third-order valence-electron chi connectivity index (χ3n) is 3.24. The predicted molar refractivity (Wildman–Crippen MR) is 62.6 cm³/mol. The van der Waals surface area contributed by atoms with Crippen LogP contribution in [0.25, 0.3) is 0 Å². The molecule has 0 heterocycles. The second-order valence-electron chi connectivity index (χ2n) is 5.33. The number of nitrogens with one attached hydrogen (secondary N) is 1. The molecule has 0 radical (unpaired) electrons. The Bertz CT molecular complexity index is 268. The van der Waals surface area contributed by atoms with Crippen LogP contribution in [0.5, 0.6) is 0 Å². The molecule has 1 fully saturated rings. The monoisotopic (exact) mass is 226 g/mol. The summed E-state index contributed by atoms with van der Waals surface area (Å²) in [5.74, 6) is -0.484. The van der Waals surface area contributed by atoms with Gasteiger partial charge in [-0.05, 0) is 12.8 Å². The number of carbonyl (C=O) groups is 2. The Morgan fingerprint density at radius 1 is 1.25 bits per heavy atom. The first-order valence-electron chi connectivity index (χ1n) is 6.01. The van der Waals surface area contributed by atoms with Crippen LogP contribution >= 0.6 is 0 Å². The highest BCUT2D eigenvalue weighted by molar-refractivity contribution is 5.87. The maximum Gasteiger partial charge on any atom is 0.223 e. The van der Waals surface area contributed by atoms with Crippen LogP contribution in [-0.4, -0.2) is 17.9 Å². The first kappa shape index (κ1) is 13.0. The van der Waals surface area contributed by atoms with Crippen molar-refractivity contribution in [1.29, 1.82) is 0 Å². The number of hydrogen-bond acceptors (Lipinski definition) is 2.